The second kappa shape index (κ2) is 6.27. The molecule has 1 heterocycles. The first kappa shape index (κ1) is 14.1. The molecule has 1 unspecified atom stereocenters. The number of nitrogens with zero attached hydrogens (tertiary/aromatic N) is 1. The van der Waals surface area contributed by atoms with Crippen LogP contribution in [0.25, 0.3) is 0 Å². The zero-order chi connectivity index (χ0) is 14.7. The van der Waals surface area contributed by atoms with Gasteiger partial charge in [-0.3, -0.25) is 4.98 Å². The van der Waals surface area contributed by atoms with E-state index in [0.29, 0.717) is 0 Å². The lowest BCUT2D eigenvalue weighted by atomic mass is 9.92. The Morgan fingerprint density at radius 3 is 2.52 bits per heavy atom. The van der Waals surface area contributed by atoms with Crippen molar-refractivity contribution in [3.05, 3.63) is 53.3 Å². The molecule has 0 aliphatic heterocycles. The largest absolute Gasteiger partial charge is 0.456 e. The van der Waals surface area contributed by atoms with E-state index in [2.05, 4.69) is 35.4 Å². The zero-order valence-corrected chi connectivity index (χ0v) is 12.7. The zero-order valence-electron chi connectivity index (χ0n) is 12.7. The van der Waals surface area contributed by atoms with Crippen molar-refractivity contribution in [2.24, 2.45) is 0 Å². The topological polar surface area (TPSA) is 34.1 Å². The van der Waals surface area contributed by atoms with Crippen LogP contribution in [0, 0.1) is 0 Å². The molecule has 1 atom stereocenters. The molecule has 0 amide bonds. The van der Waals surface area contributed by atoms with Crippen LogP contribution < -0.4 is 10.1 Å². The van der Waals surface area contributed by atoms with Gasteiger partial charge in [0.1, 0.15) is 11.5 Å². The van der Waals surface area contributed by atoms with Gasteiger partial charge in [-0.05, 0) is 75.0 Å². The van der Waals surface area contributed by atoms with Gasteiger partial charge in [-0.25, -0.2) is 0 Å². The Bertz CT molecular complexity index is 607. The number of rotatable bonds is 4. The number of hydrogen-bond donors (Lipinski definition) is 1. The molecule has 0 bridgehead atoms. The average molecular weight is 282 g/mol. The molecule has 3 rings (SSSR count). The summed E-state index contributed by atoms with van der Waals surface area (Å²) in [5.74, 6) is 1.70. The van der Waals surface area contributed by atoms with Gasteiger partial charge in [-0.1, -0.05) is 6.07 Å². The van der Waals surface area contributed by atoms with E-state index in [1.165, 1.54) is 36.8 Å². The third kappa shape index (κ3) is 3.24. The summed E-state index contributed by atoms with van der Waals surface area (Å²) in [4.78, 5) is 4.45. The van der Waals surface area contributed by atoms with Crippen LogP contribution >= 0.6 is 0 Å². The molecular formula is C18H22N2O. The van der Waals surface area contributed by atoms with Crippen LogP contribution in [0.5, 0.6) is 11.5 Å². The molecule has 1 aliphatic carbocycles. The van der Waals surface area contributed by atoms with E-state index in [-0.39, 0.29) is 6.04 Å². The predicted molar refractivity (Wildman–Crippen MR) is 84.9 cm³/mol. The van der Waals surface area contributed by atoms with Gasteiger partial charge in [0, 0.05) is 6.04 Å². The van der Waals surface area contributed by atoms with E-state index in [4.69, 9.17) is 4.74 Å². The standard InChI is InChI=1S/C18H22N2O/c1-13(19-2)18-10-9-17(12-20-18)21-16-8-7-14-5-3-4-6-15(14)11-16/h7-13,19H,3-6H2,1-2H3. The highest BCUT2D eigenvalue weighted by molar-refractivity contribution is 5.39. The number of aryl methyl sites for hydroxylation is 2. The van der Waals surface area contributed by atoms with Gasteiger partial charge in [0.2, 0.25) is 0 Å². The van der Waals surface area contributed by atoms with E-state index < -0.39 is 0 Å². The van der Waals surface area contributed by atoms with Crippen molar-refractivity contribution >= 4 is 0 Å². The highest BCUT2D eigenvalue weighted by atomic mass is 16.5. The molecule has 1 aromatic heterocycles. The predicted octanol–water partition coefficient (Wildman–Crippen LogP) is 4.03. The van der Waals surface area contributed by atoms with Crippen LogP contribution in [0.1, 0.15) is 42.6 Å². The number of benzene rings is 1. The molecule has 21 heavy (non-hydrogen) atoms. The summed E-state index contributed by atoms with van der Waals surface area (Å²) in [7, 11) is 1.93. The minimum Gasteiger partial charge on any atom is -0.456 e. The maximum Gasteiger partial charge on any atom is 0.145 e. The lowest BCUT2D eigenvalue weighted by Crippen LogP contribution is -2.13. The molecule has 1 aromatic carbocycles. The quantitative estimate of drug-likeness (QED) is 0.919. The lowest BCUT2D eigenvalue weighted by Gasteiger charge is -2.17. The van der Waals surface area contributed by atoms with Crippen molar-refractivity contribution < 1.29 is 4.74 Å². The minimum absolute atomic E-state index is 0.253. The van der Waals surface area contributed by atoms with Crippen LogP contribution in [-0.4, -0.2) is 12.0 Å². The first-order chi connectivity index (χ1) is 10.3. The van der Waals surface area contributed by atoms with E-state index >= 15 is 0 Å². The summed E-state index contributed by atoms with van der Waals surface area (Å²) in [6.45, 7) is 2.09. The number of aromatic nitrogens is 1. The Balaban J connectivity index is 1.74. The Labute approximate surface area is 126 Å². The fourth-order valence-electron chi connectivity index (χ4n) is 2.77. The van der Waals surface area contributed by atoms with Crippen molar-refractivity contribution in [2.45, 2.75) is 38.6 Å². The number of fused-ring (bicyclic) bond motifs is 1. The third-order valence-electron chi connectivity index (χ3n) is 4.19. The maximum absolute atomic E-state index is 5.93. The van der Waals surface area contributed by atoms with Crippen molar-refractivity contribution in [3.8, 4) is 11.5 Å². The fourth-order valence-corrected chi connectivity index (χ4v) is 2.77. The van der Waals surface area contributed by atoms with Gasteiger partial charge >= 0.3 is 0 Å². The molecule has 110 valence electrons. The summed E-state index contributed by atoms with van der Waals surface area (Å²) in [5, 5.41) is 3.18. The molecule has 0 saturated heterocycles. The molecule has 1 aliphatic rings. The fraction of sp³-hybridized carbons (Fsp3) is 0.389. The van der Waals surface area contributed by atoms with Gasteiger partial charge in [-0.15, -0.1) is 0 Å². The molecule has 1 N–H and O–H groups in total. The van der Waals surface area contributed by atoms with E-state index in [0.717, 1.165) is 17.2 Å². The number of pyridine rings is 1. The van der Waals surface area contributed by atoms with Crippen LogP contribution in [0.15, 0.2) is 36.5 Å². The first-order valence-electron chi connectivity index (χ1n) is 7.69. The minimum atomic E-state index is 0.253. The van der Waals surface area contributed by atoms with Crippen LogP contribution in [0.2, 0.25) is 0 Å². The normalized spacial score (nSPS) is 15.3. The summed E-state index contributed by atoms with van der Waals surface area (Å²) in [5.41, 5.74) is 3.94. The summed E-state index contributed by atoms with van der Waals surface area (Å²) in [6.07, 6.45) is 6.76. The molecule has 0 spiro atoms. The van der Waals surface area contributed by atoms with Gasteiger partial charge < -0.3 is 10.1 Å². The van der Waals surface area contributed by atoms with Gasteiger partial charge in [0.25, 0.3) is 0 Å². The Kier molecular flexibility index (Phi) is 4.20. The SMILES string of the molecule is CNC(C)c1ccc(Oc2ccc3c(c2)CCCC3)cn1. The molecule has 0 radical (unpaired) electrons. The number of ether oxygens (including phenoxy) is 1. The summed E-state index contributed by atoms with van der Waals surface area (Å²) < 4.78 is 5.93. The molecule has 2 aromatic rings. The van der Waals surface area contributed by atoms with E-state index in [1.807, 2.05) is 19.2 Å². The number of nitrogens with one attached hydrogen (secondary N) is 1. The third-order valence-corrected chi connectivity index (χ3v) is 4.19. The van der Waals surface area contributed by atoms with Crippen molar-refractivity contribution in [3.63, 3.8) is 0 Å². The van der Waals surface area contributed by atoms with Crippen molar-refractivity contribution in [1.29, 1.82) is 0 Å². The van der Waals surface area contributed by atoms with Crippen LogP contribution in [-0.2, 0) is 12.8 Å². The van der Waals surface area contributed by atoms with E-state index in [1.54, 1.807) is 6.20 Å². The monoisotopic (exact) mass is 282 g/mol. The Morgan fingerprint density at radius 2 is 1.81 bits per heavy atom. The van der Waals surface area contributed by atoms with Gasteiger partial charge in [0.15, 0.2) is 0 Å². The van der Waals surface area contributed by atoms with Crippen LogP contribution in [0.4, 0.5) is 0 Å². The lowest BCUT2D eigenvalue weighted by molar-refractivity contribution is 0.477. The van der Waals surface area contributed by atoms with Crippen molar-refractivity contribution in [2.75, 3.05) is 7.05 Å². The van der Waals surface area contributed by atoms with Gasteiger partial charge in [0.05, 0.1) is 11.9 Å². The Morgan fingerprint density at radius 1 is 1.05 bits per heavy atom. The number of hydrogen-bond acceptors (Lipinski definition) is 3. The van der Waals surface area contributed by atoms with E-state index in [9.17, 15) is 0 Å². The molecular weight excluding hydrogens is 260 g/mol. The first-order valence-corrected chi connectivity index (χ1v) is 7.69. The second-order valence-electron chi connectivity index (χ2n) is 5.67. The maximum atomic E-state index is 5.93. The molecule has 3 heteroatoms. The summed E-state index contributed by atoms with van der Waals surface area (Å²) in [6, 6.07) is 10.7. The Hall–Kier alpha value is -1.87. The molecule has 0 saturated carbocycles. The highest BCUT2D eigenvalue weighted by Gasteiger charge is 2.10. The smallest absolute Gasteiger partial charge is 0.145 e. The van der Waals surface area contributed by atoms with Gasteiger partial charge in [-0.2, -0.15) is 0 Å². The highest BCUT2D eigenvalue weighted by Crippen LogP contribution is 2.28. The summed E-state index contributed by atoms with van der Waals surface area (Å²) >= 11 is 0. The molecule has 3 nitrogen and oxygen atoms in total. The average Bonchev–Trinajstić information content (AvgIpc) is 2.55. The van der Waals surface area contributed by atoms with Crippen LogP contribution in [0.3, 0.4) is 0 Å². The van der Waals surface area contributed by atoms with Crippen molar-refractivity contribution in [1.82, 2.24) is 10.3 Å². The second-order valence-corrected chi connectivity index (χ2v) is 5.67. The molecule has 0 fully saturated rings.